The number of likely N-dealkylation sites (N-methyl/N-ethyl adjacent to an activating group) is 1. The Morgan fingerprint density at radius 1 is 1.21 bits per heavy atom. The minimum Gasteiger partial charge on any atom is -0.348 e. The van der Waals surface area contributed by atoms with Gasteiger partial charge < -0.3 is 14.8 Å². The molecule has 1 aromatic carbocycles. The summed E-state index contributed by atoms with van der Waals surface area (Å²) in [4.78, 5) is 41.5. The Hall–Kier alpha value is -3.48. The lowest BCUT2D eigenvalue weighted by Gasteiger charge is -2.35. The summed E-state index contributed by atoms with van der Waals surface area (Å²) in [7, 11) is 1.77. The standard InChI is InChI=1S/C22H21N5O2/c1-26-18-5-3-2-4-15(18)16(22(26)29)12-19(28)27-11-8-17-20(25-13-24-17)21(27)14-6-9-23-10-7-14/h2-7,9-10,13,16,21H,8,11-12H2,1H3,(H,24,25). The number of nitrogens with zero attached hydrogens (tertiary/aromatic N) is 4. The predicted octanol–water partition coefficient (Wildman–Crippen LogP) is 2.43. The molecule has 7 nitrogen and oxygen atoms in total. The molecule has 2 aliphatic heterocycles. The number of fused-ring (bicyclic) bond motifs is 2. The van der Waals surface area contributed by atoms with E-state index in [9.17, 15) is 9.59 Å². The second kappa shape index (κ2) is 6.84. The van der Waals surface area contributed by atoms with Crippen LogP contribution in [-0.2, 0) is 16.0 Å². The first-order valence-electron chi connectivity index (χ1n) is 9.73. The van der Waals surface area contributed by atoms with E-state index in [1.54, 1.807) is 30.7 Å². The summed E-state index contributed by atoms with van der Waals surface area (Å²) < 4.78 is 0. The van der Waals surface area contributed by atoms with Crippen LogP contribution in [0.2, 0.25) is 0 Å². The number of pyridine rings is 1. The summed E-state index contributed by atoms with van der Waals surface area (Å²) in [5.74, 6) is -0.510. The van der Waals surface area contributed by atoms with E-state index < -0.39 is 5.92 Å². The van der Waals surface area contributed by atoms with Crippen molar-refractivity contribution in [3.8, 4) is 0 Å². The van der Waals surface area contributed by atoms with Gasteiger partial charge in [-0.1, -0.05) is 18.2 Å². The molecule has 2 atom stereocenters. The van der Waals surface area contributed by atoms with Crippen molar-refractivity contribution < 1.29 is 9.59 Å². The van der Waals surface area contributed by atoms with Gasteiger partial charge in [0.1, 0.15) is 6.04 Å². The first-order valence-corrected chi connectivity index (χ1v) is 9.73. The Kier molecular flexibility index (Phi) is 4.16. The van der Waals surface area contributed by atoms with Gasteiger partial charge in [-0.3, -0.25) is 14.6 Å². The molecule has 29 heavy (non-hydrogen) atoms. The minimum absolute atomic E-state index is 0.0301. The number of rotatable bonds is 3. The number of hydrogen-bond acceptors (Lipinski definition) is 4. The molecule has 7 heteroatoms. The van der Waals surface area contributed by atoms with Crippen LogP contribution in [-0.4, -0.2) is 45.3 Å². The molecule has 1 N–H and O–H groups in total. The highest BCUT2D eigenvalue weighted by molar-refractivity contribution is 6.06. The zero-order valence-corrected chi connectivity index (χ0v) is 16.1. The molecular formula is C22H21N5O2. The number of aromatic nitrogens is 3. The van der Waals surface area contributed by atoms with Crippen LogP contribution in [0.25, 0.3) is 0 Å². The largest absolute Gasteiger partial charge is 0.348 e. The molecule has 0 fully saturated rings. The molecule has 3 aromatic rings. The van der Waals surface area contributed by atoms with E-state index in [1.165, 1.54) is 0 Å². The van der Waals surface area contributed by atoms with E-state index in [1.807, 2.05) is 41.3 Å². The van der Waals surface area contributed by atoms with Crippen LogP contribution in [0.5, 0.6) is 0 Å². The maximum Gasteiger partial charge on any atom is 0.234 e. The molecule has 2 aromatic heterocycles. The summed E-state index contributed by atoms with van der Waals surface area (Å²) >= 11 is 0. The number of carbonyl (C=O) groups is 2. The Balaban J connectivity index is 1.47. The molecule has 0 radical (unpaired) electrons. The third-order valence-electron chi connectivity index (χ3n) is 5.95. The SMILES string of the molecule is CN1C(=O)C(CC(=O)N2CCc3[nH]cnc3C2c2ccncc2)c2ccccc21. The summed E-state index contributed by atoms with van der Waals surface area (Å²) in [5, 5.41) is 0. The van der Waals surface area contributed by atoms with E-state index in [0.717, 1.165) is 34.6 Å². The van der Waals surface area contributed by atoms with Crippen LogP contribution in [0.15, 0.2) is 55.1 Å². The topological polar surface area (TPSA) is 82.2 Å². The van der Waals surface area contributed by atoms with E-state index in [4.69, 9.17) is 0 Å². The molecule has 2 amide bonds. The molecule has 0 saturated heterocycles. The number of hydrogen-bond donors (Lipinski definition) is 1. The molecule has 5 rings (SSSR count). The number of imidazole rings is 1. The number of carbonyl (C=O) groups excluding carboxylic acids is 2. The lowest BCUT2D eigenvalue weighted by atomic mass is 9.93. The maximum atomic E-state index is 13.4. The van der Waals surface area contributed by atoms with Gasteiger partial charge in [-0.2, -0.15) is 0 Å². The summed E-state index contributed by atoms with van der Waals surface area (Å²) in [5.41, 5.74) is 4.70. The highest BCUT2D eigenvalue weighted by Crippen LogP contribution is 2.40. The van der Waals surface area contributed by atoms with Gasteiger partial charge in [0.25, 0.3) is 0 Å². The Morgan fingerprint density at radius 2 is 2.00 bits per heavy atom. The van der Waals surface area contributed by atoms with E-state index in [0.29, 0.717) is 6.54 Å². The zero-order valence-electron chi connectivity index (χ0n) is 16.1. The monoisotopic (exact) mass is 387 g/mol. The summed E-state index contributed by atoms with van der Waals surface area (Å²) in [6.07, 6.45) is 6.01. The third kappa shape index (κ3) is 2.81. The Morgan fingerprint density at radius 3 is 2.83 bits per heavy atom. The van der Waals surface area contributed by atoms with Gasteiger partial charge in [-0.25, -0.2) is 4.98 Å². The van der Waals surface area contributed by atoms with Crippen molar-refractivity contribution >= 4 is 17.5 Å². The van der Waals surface area contributed by atoms with Crippen LogP contribution < -0.4 is 4.90 Å². The smallest absolute Gasteiger partial charge is 0.234 e. The number of aromatic amines is 1. The highest BCUT2D eigenvalue weighted by Gasteiger charge is 2.40. The van der Waals surface area contributed by atoms with Gasteiger partial charge in [0.2, 0.25) is 11.8 Å². The van der Waals surface area contributed by atoms with Crippen molar-refractivity contribution in [1.29, 1.82) is 0 Å². The predicted molar refractivity (Wildman–Crippen MR) is 107 cm³/mol. The quantitative estimate of drug-likeness (QED) is 0.748. The number of benzene rings is 1. The van der Waals surface area contributed by atoms with E-state index in [2.05, 4.69) is 15.0 Å². The van der Waals surface area contributed by atoms with Crippen molar-refractivity contribution in [2.45, 2.75) is 24.8 Å². The van der Waals surface area contributed by atoms with E-state index >= 15 is 0 Å². The van der Waals surface area contributed by atoms with Crippen molar-refractivity contribution in [3.63, 3.8) is 0 Å². The zero-order chi connectivity index (χ0) is 20.0. The number of H-pyrrole nitrogens is 1. The van der Waals surface area contributed by atoms with Gasteiger partial charge in [0.15, 0.2) is 0 Å². The lowest BCUT2D eigenvalue weighted by Crippen LogP contribution is -2.41. The van der Waals surface area contributed by atoms with Gasteiger partial charge >= 0.3 is 0 Å². The molecule has 0 spiro atoms. The maximum absolute atomic E-state index is 13.4. The van der Waals surface area contributed by atoms with Gasteiger partial charge in [-0.05, 0) is 29.3 Å². The lowest BCUT2D eigenvalue weighted by molar-refractivity contribution is -0.135. The van der Waals surface area contributed by atoms with Crippen molar-refractivity contribution in [3.05, 3.63) is 77.6 Å². The summed E-state index contributed by atoms with van der Waals surface area (Å²) in [6, 6.07) is 11.3. The van der Waals surface area contributed by atoms with Crippen LogP contribution in [0, 0.1) is 0 Å². The Bertz CT molecular complexity index is 1080. The Labute approximate surface area is 168 Å². The number of amides is 2. The highest BCUT2D eigenvalue weighted by atomic mass is 16.2. The fourth-order valence-corrected chi connectivity index (χ4v) is 4.49. The van der Waals surface area contributed by atoms with Gasteiger partial charge in [-0.15, -0.1) is 0 Å². The van der Waals surface area contributed by atoms with Crippen LogP contribution in [0.1, 0.15) is 40.9 Å². The van der Waals surface area contributed by atoms with Crippen LogP contribution in [0.3, 0.4) is 0 Å². The van der Waals surface area contributed by atoms with Crippen molar-refractivity contribution in [1.82, 2.24) is 19.9 Å². The average molecular weight is 387 g/mol. The molecular weight excluding hydrogens is 366 g/mol. The number of para-hydroxylation sites is 1. The second-order valence-electron chi connectivity index (χ2n) is 7.50. The molecule has 0 saturated carbocycles. The normalized spacial score (nSPS) is 20.5. The molecule has 2 aliphatic rings. The average Bonchev–Trinajstić information content (AvgIpc) is 3.33. The van der Waals surface area contributed by atoms with Crippen molar-refractivity contribution in [2.75, 3.05) is 18.5 Å². The second-order valence-corrected chi connectivity index (χ2v) is 7.50. The van der Waals surface area contributed by atoms with Gasteiger partial charge in [0, 0.05) is 50.2 Å². The van der Waals surface area contributed by atoms with E-state index in [-0.39, 0.29) is 24.3 Å². The fourth-order valence-electron chi connectivity index (χ4n) is 4.49. The molecule has 2 unspecified atom stereocenters. The number of nitrogens with one attached hydrogen (secondary N) is 1. The first-order chi connectivity index (χ1) is 14.1. The molecule has 146 valence electrons. The number of anilines is 1. The van der Waals surface area contributed by atoms with Crippen LogP contribution >= 0.6 is 0 Å². The van der Waals surface area contributed by atoms with Gasteiger partial charge in [0.05, 0.1) is 17.9 Å². The molecule has 0 bridgehead atoms. The molecule has 4 heterocycles. The first kappa shape index (κ1) is 17.6. The minimum atomic E-state index is -0.442. The summed E-state index contributed by atoms with van der Waals surface area (Å²) in [6.45, 7) is 0.583. The van der Waals surface area contributed by atoms with Crippen molar-refractivity contribution in [2.24, 2.45) is 0 Å². The third-order valence-corrected chi connectivity index (χ3v) is 5.95. The van der Waals surface area contributed by atoms with Crippen LogP contribution in [0.4, 0.5) is 5.69 Å². The fraction of sp³-hybridized carbons (Fsp3) is 0.273. The molecule has 0 aliphatic carbocycles.